The van der Waals surface area contributed by atoms with Crippen LogP contribution in [0.15, 0.2) is 0 Å². The first-order valence-corrected chi connectivity index (χ1v) is 6.68. The van der Waals surface area contributed by atoms with Crippen molar-refractivity contribution in [2.45, 2.75) is 65.4 Å². The number of fused-ring (bicyclic) bond motifs is 1. The van der Waals surface area contributed by atoms with E-state index in [-0.39, 0.29) is 12.1 Å². The zero-order chi connectivity index (χ0) is 11.8. The van der Waals surface area contributed by atoms with Crippen molar-refractivity contribution in [3.05, 3.63) is 0 Å². The van der Waals surface area contributed by atoms with Crippen molar-refractivity contribution in [3.63, 3.8) is 0 Å². The van der Waals surface area contributed by atoms with Crippen molar-refractivity contribution in [1.29, 1.82) is 0 Å². The maximum absolute atomic E-state index is 11.0. The summed E-state index contributed by atoms with van der Waals surface area (Å²) in [6, 6.07) is 0. The third-order valence-electron chi connectivity index (χ3n) is 4.88. The molecule has 2 aliphatic rings. The van der Waals surface area contributed by atoms with Crippen LogP contribution in [0.1, 0.15) is 59.3 Å². The normalized spacial score (nSPS) is 43.6. The first kappa shape index (κ1) is 11.9. The standard InChI is InChI=1S/C14H24O2/c1-10-5-4-7-14(3)8-6-12(9-13(10)14)16-11(2)15/h10,12-13H,4-9H2,1-3H3. The van der Waals surface area contributed by atoms with Crippen molar-refractivity contribution in [2.75, 3.05) is 0 Å². The van der Waals surface area contributed by atoms with Gasteiger partial charge in [0, 0.05) is 6.92 Å². The lowest BCUT2D eigenvalue weighted by Gasteiger charge is -2.50. The summed E-state index contributed by atoms with van der Waals surface area (Å²) in [5.74, 6) is 1.45. The number of rotatable bonds is 1. The highest BCUT2D eigenvalue weighted by atomic mass is 16.5. The number of carbonyl (C=O) groups is 1. The molecule has 0 spiro atoms. The van der Waals surface area contributed by atoms with Crippen molar-refractivity contribution in [1.82, 2.24) is 0 Å². The molecule has 0 aliphatic heterocycles. The molecule has 2 nitrogen and oxygen atoms in total. The average Bonchev–Trinajstić information content (AvgIpc) is 2.19. The van der Waals surface area contributed by atoms with Gasteiger partial charge in [0.05, 0.1) is 0 Å². The van der Waals surface area contributed by atoms with Crippen LogP contribution in [0.5, 0.6) is 0 Å². The topological polar surface area (TPSA) is 26.3 Å². The van der Waals surface area contributed by atoms with Gasteiger partial charge in [-0.1, -0.05) is 26.7 Å². The van der Waals surface area contributed by atoms with Gasteiger partial charge in [-0.3, -0.25) is 4.79 Å². The zero-order valence-electron chi connectivity index (χ0n) is 10.8. The van der Waals surface area contributed by atoms with E-state index in [1.165, 1.54) is 32.6 Å². The van der Waals surface area contributed by atoms with Crippen LogP contribution in [0.4, 0.5) is 0 Å². The smallest absolute Gasteiger partial charge is 0.302 e. The van der Waals surface area contributed by atoms with Crippen LogP contribution in [-0.4, -0.2) is 12.1 Å². The second-order valence-corrected chi connectivity index (χ2v) is 6.14. The minimum atomic E-state index is -0.114. The third kappa shape index (κ3) is 2.26. The molecule has 2 aliphatic carbocycles. The Morgan fingerprint density at radius 2 is 2.06 bits per heavy atom. The SMILES string of the molecule is CC(=O)OC1CCC2(C)CCCC(C)C2C1. The van der Waals surface area contributed by atoms with Crippen molar-refractivity contribution >= 4 is 5.97 Å². The zero-order valence-corrected chi connectivity index (χ0v) is 10.8. The molecule has 0 aromatic carbocycles. The van der Waals surface area contributed by atoms with E-state index >= 15 is 0 Å². The molecule has 2 fully saturated rings. The highest BCUT2D eigenvalue weighted by molar-refractivity contribution is 5.66. The third-order valence-corrected chi connectivity index (χ3v) is 4.88. The summed E-state index contributed by atoms with van der Waals surface area (Å²) < 4.78 is 5.39. The molecule has 0 bridgehead atoms. The first-order valence-electron chi connectivity index (χ1n) is 6.68. The van der Waals surface area contributed by atoms with E-state index in [0.717, 1.165) is 24.7 Å². The summed E-state index contributed by atoms with van der Waals surface area (Å²) >= 11 is 0. The largest absolute Gasteiger partial charge is 0.463 e. The highest BCUT2D eigenvalue weighted by Gasteiger charge is 2.44. The lowest BCUT2D eigenvalue weighted by Crippen LogP contribution is -2.43. The molecule has 0 aromatic heterocycles. The van der Waals surface area contributed by atoms with Gasteiger partial charge in [-0.05, 0) is 42.9 Å². The Morgan fingerprint density at radius 3 is 2.75 bits per heavy atom. The molecular formula is C14H24O2. The van der Waals surface area contributed by atoms with Crippen molar-refractivity contribution in [3.8, 4) is 0 Å². The quantitative estimate of drug-likeness (QED) is 0.637. The summed E-state index contributed by atoms with van der Waals surface area (Å²) in [7, 11) is 0. The van der Waals surface area contributed by atoms with Crippen LogP contribution in [0.2, 0.25) is 0 Å². The van der Waals surface area contributed by atoms with E-state index < -0.39 is 0 Å². The van der Waals surface area contributed by atoms with Gasteiger partial charge in [0.15, 0.2) is 0 Å². The van der Waals surface area contributed by atoms with E-state index in [1.807, 2.05) is 0 Å². The van der Waals surface area contributed by atoms with Gasteiger partial charge in [0.1, 0.15) is 6.10 Å². The van der Waals surface area contributed by atoms with Crippen LogP contribution >= 0.6 is 0 Å². The molecule has 2 saturated carbocycles. The minimum Gasteiger partial charge on any atom is -0.463 e. The highest BCUT2D eigenvalue weighted by Crippen LogP contribution is 2.52. The number of hydrogen-bond donors (Lipinski definition) is 0. The van der Waals surface area contributed by atoms with E-state index in [4.69, 9.17) is 4.74 Å². The fraction of sp³-hybridized carbons (Fsp3) is 0.929. The average molecular weight is 224 g/mol. The van der Waals surface area contributed by atoms with Gasteiger partial charge in [0.2, 0.25) is 0 Å². The fourth-order valence-corrected chi connectivity index (χ4v) is 3.96. The van der Waals surface area contributed by atoms with E-state index in [9.17, 15) is 4.79 Å². The second-order valence-electron chi connectivity index (χ2n) is 6.14. The van der Waals surface area contributed by atoms with Gasteiger partial charge >= 0.3 is 5.97 Å². The van der Waals surface area contributed by atoms with E-state index in [2.05, 4.69) is 13.8 Å². The monoisotopic (exact) mass is 224 g/mol. The van der Waals surface area contributed by atoms with Gasteiger partial charge < -0.3 is 4.74 Å². The Hall–Kier alpha value is -0.530. The maximum atomic E-state index is 11.0. The Morgan fingerprint density at radius 1 is 1.31 bits per heavy atom. The number of ether oxygens (including phenoxy) is 1. The van der Waals surface area contributed by atoms with Crippen LogP contribution in [0, 0.1) is 17.3 Å². The van der Waals surface area contributed by atoms with Crippen molar-refractivity contribution < 1.29 is 9.53 Å². The Balaban J connectivity index is 2.03. The van der Waals surface area contributed by atoms with Crippen LogP contribution in [0.25, 0.3) is 0 Å². The van der Waals surface area contributed by atoms with Gasteiger partial charge in [-0.25, -0.2) is 0 Å². The summed E-state index contributed by atoms with van der Waals surface area (Å²) in [6.07, 6.45) is 7.70. The molecule has 2 heteroatoms. The molecule has 0 saturated heterocycles. The Bertz CT molecular complexity index is 274. The van der Waals surface area contributed by atoms with Crippen LogP contribution in [-0.2, 0) is 9.53 Å². The molecule has 0 heterocycles. The lowest BCUT2D eigenvalue weighted by molar-refractivity contribution is -0.152. The molecule has 4 atom stereocenters. The molecule has 0 amide bonds. The van der Waals surface area contributed by atoms with Crippen LogP contribution < -0.4 is 0 Å². The predicted octanol–water partition coefficient (Wildman–Crippen LogP) is 3.54. The molecule has 92 valence electrons. The fourth-order valence-electron chi connectivity index (χ4n) is 3.96. The molecule has 4 unspecified atom stereocenters. The minimum absolute atomic E-state index is 0.114. The molecule has 0 radical (unpaired) electrons. The maximum Gasteiger partial charge on any atom is 0.302 e. The van der Waals surface area contributed by atoms with Gasteiger partial charge in [-0.2, -0.15) is 0 Å². The molecule has 2 rings (SSSR count). The van der Waals surface area contributed by atoms with Gasteiger partial charge in [0.25, 0.3) is 0 Å². The Kier molecular flexibility index (Phi) is 3.27. The molecule has 0 aromatic rings. The molecular weight excluding hydrogens is 200 g/mol. The second kappa shape index (κ2) is 4.38. The van der Waals surface area contributed by atoms with Crippen molar-refractivity contribution in [2.24, 2.45) is 17.3 Å². The van der Waals surface area contributed by atoms with Gasteiger partial charge in [-0.15, -0.1) is 0 Å². The Labute approximate surface area is 98.7 Å². The summed E-state index contributed by atoms with van der Waals surface area (Å²) in [5, 5.41) is 0. The number of hydrogen-bond acceptors (Lipinski definition) is 2. The predicted molar refractivity (Wildman–Crippen MR) is 64.0 cm³/mol. The van der Waals surface area contributed by atoms with E-state index in [0.29, 0.717) is 5.41 Å². The number of carbonyl (C=O) groups excluding carboxylic acids is 1. The summed E-state index contributed by atoms with van der Waals surface area (Å²) in [4.78, 5) is 11.0. The lowest BCUT2D eigenvalue weighted by atomic mass is 9.56. The number of esters is 1. The molecule has 16 heavy (non-hydrogen) atoms. The van der Waals surface area contributed by atoms with Crippen LogP contribution in [0.3, 0.4) is 0 Å². The first-order chi connectivity index (χ1) is 7.51. The molecule has 0 N–H and O–H groups in total. The van der Waals surface area contributed by atoms with E-state index in [1.54, 1.807) is 0 Å². The summed E-state index contributed by atoms with van der Waals surface area (Å²) in [6.45, 7) is 6.34. The summed E-state index contributed by atoms with van der Waals surface area (Å²) in [5.41, 5.74) is 0.522.